The number of hydrogen-bond donors (Lipinski definition) is 4. The van der Waals surface area contributed by atoms with Gasteiger partial charge in [-0.15, -0.1) is 0 Å². The first-order valence-electron chi connectivity index (χ1n) is 17.0. The molecule has 10 heteroatoms. The number of amides is 1. The number of Topliss-reactive ketones (excluding diaryl/α,β-unsaturated/α-hetero) is 1. The third-order valence-electron chi connectivity index (χ3n) is 8.51. The van der Waals surface area contributed by atoms with Gasteiger partial charge < -0.3 is 25.4 Å². The van der Waals surface area contributed by atoms with Crippen LogP contribution >= 0.6 is 0 Å². The summed E-state index contributed by atoms with van der Waals surface area (Å²) < 4.78 is 19.2. The quantitative estimate of drug-likeness (QED) is 0.0659. The Balaban J connectivity index is 2.02. The molecule has 0 fully saturated rings. The zero-order chi connectivity index (χ0) is 35.4. The smallest absolute Gasteiger partial charge is 0.336 e. The number of carboxylic acids is 2. The maximum atomic E-state index is 14.2. The van der Waals surface area contributed by atoms with E-state index in [4.69, 9.17) is 4.74 Å². The Labute approximate surface area is 283 Å². The maximum Gasteiger partial charge on any atom is 0.336 e. The van der Waals surface area contributed by atoms with Gasteiger partial charge in [0.15, 0.2) is 5.60 Å². The molecule has 0 saturated carbocycles. The predicted octanol–water partition coefficient (Wildman–Crippen LogP) is 6.90. The maximum absolute atomic E-state index is 14.2. The Morgan fingerprint density at radius 3 is 2.10 bits per heavy atom. The van der Waals surface area contributed by atoms with E-state index in [1.807, 2.05) is 0 Å². The van der Waals surface area contributed by atoms with Crippen molar-refractivity contribution in [2.45, 2.75) is 108 Å². The zero-order valence-corrected chi connectivity index (χ0v) is 28.3. The Hall–Kier alpha value is -3.89. The number of methoxy groups -OCH3 is 1. The fourth-order valence-corrected chi connectivity index (χ4v) is 5.55. The second-order valence-corrected chi connectivity index (χ2v) is 12.3. The van der Waals surface area contributed by atoms with Gasteiger partial charge in [-0.2, -0.15) is 0 Å². The van der Waals surface area contributed by atoms with Crippen molar-refractivity contribution < 1.29 is 43.6 Å². The predicted molar refractivity (Wildman–Crippen MR) is 183 cm³/mol. The molecule has 0 aliphatic carbocycles. The largest absolute Gasteiger partial charge is 0.480 e. The lowest BCUT2D eigenvalue weighted by molar-refractivity contribution is -0.168. The van der Waals surface area contributed by atoms with Crippen LogP contribution in [0.25, 0.3) is 11.1 Å². The van der Waals surface area contributed by atoms with Crippen LogP contribution in [0.1, 0.15) is 96.0 Å². The summed E-state index contributed by atoms with van der Waals surface area (Å²) >= 11 is 0. The standard InChI is InChI=1S/C38H52FNO8/c1-3-4-5-8-11-16-30(41)17-12-9-6-7-10-13-19-32(38(47,37(45)46)25-26-48-2)35(42)40-34(36(43)44)27-28-21-23-29(24-22-28)31-18-14-15-20-33(31)39/h13-15,18-24,32,34,47H,3-12,16-17,25-27H2,1-2H3,(H,40,42)(H,43,44)(H,45,46)/b19-13+/t32-,34+,38+/m1/s1. The van der Waals surface area contributed by atoms with Crippen molar-refractivity contribution in [2.24, 2.45) is 5.92 Å². The Morgan fingerprint density at radius 1 is 0.896 bits per heavy atom. The average molecular weight is 670 g/mol. The van der Waals surface area contributed by atoms with Crippen LogP contribution in [0.2, 0.25) is 0 Å². The molecule has 264 valence electrons. The minimum Gasteiger partial charge on any atom is -0.480 e. The molecule has 2 aromatic carbocycles. The number of carbonyl (C=O) groups is 4. The summed E-state index contributed by atoms with van der Waals surface area (Å²) in [4.78, 5) is 50.0. The number of ketones is 1. The van der Waals surface area contributed by atoms with Crippen LogP contribution in [0.3, 0.4) is 0 Å². The van der Waals surface area contributed by atoms with Gasteiger partial charge in [0.05, 0.1) is 5.92 Å². The lowest BCUT2D eigenvalue weighted by Gasteiger charge is -2.30. The van der Waals surface area contributed by atoms with Crippen molar-refractivity contribution in [1.82, 2.24) is 5.32 Å². The van der Waals surface area contributed by atoms with Gasteiger partial charge in [0.1, 0.15) is 17.6 Å². The first kappa shape index (κ1) is 40.3. The molecule has 0 saturated heterocycles. The molecule has 9 nitrogen and oxygen atoms in total. The van der Waals surface area contributed by atoms with Gasteiger partial charge in [-0.05, 0) is 42.9 Å². The Kier molecular flexibility index (Phi) is 18.4. The summed E-state index contributed by atoms with van der Waals surface area (Å²) in [6.45, 7) is 2.02. The summed E-state index contributed by atoms with van der Waals surface area (Å²) in [5, 5.41) is 33.4. The van der Waals surface area contributed by atoms with E-state index in [0.717, 1.165) is 38.5 Å². The molecule has 0 spiro atoms. The Bertz CT molecular complexity index is 1330. The highest BCUT2D eigenvalue weighted by molar-refractivity contribution is 5.92. The van der Waals surface area contributed by atoms with Gasteiger partial charge in [0.25, 0.3) is 0 Å². The lowest BCUT2D eigenvalue weighted by atomic mass is 9.83. The van der Waals surface area contributed by atoms with Gasteiger partial charge in [-0.3, -0.25) is 9.59 Å². The van der Waals surface area contributed by atoms with Crippen molar-refractivity contribution in [3.8, 4) is 11.1 Å². The van der Waals surface area contributed by atoms with Crippen LogP contribution in [-0.2, 0) is 30.3 Å². The van der Waals surface area contributed by atoms with Gasteiger partial charge >= 0.3 is 11.9 Å². The summed E-state index contributed by atoms with van der Waals surface area (Å²) in [7, 11) is 1.34. The second-order valence-electron chi connectivity index (χ2n) is 12.3. The van der Waals surface area contributed by atoms with Crippen LogP contribution in [-0.4, -0.2) is 64.3 Å². The van der Waals surface area contributed by atoms with E-state index in [1.165, 1.54) is 38.5 Å². The monoisotopic (exact) mass is 669 g/mol. The van der Waals surface area contributed by atoms with Crippen LogP contribution in [0.15, 0.2) is 60.7 Å². The highest BCUT2D eigenvalue weighted by atomic mass is 19.1. The minimum atomic E-state index is -2.54. The van der Waals surface area contributed by atoms with Crippen LogP contribution < -0.4 is 5.32 Å². The van der Waals surface area contributed by atoms with Crippen molar-refractivity contribution in [3.05, 3.63) is 72.1 Å². The summed E-state index contributed by atoms with van der Waals surface area (Å²) in [5.74, 6) is -5.61. The van der Waals surface area contributed by atoms with Crippen LogP contribution in [0.4, 0.5) is 4.39 Å². The third kappa shape index (κ3) is 13.7. The average Bonchev–Trinajstić information content (AvgIpc) is 3.06. The van der Waals surface area contributed by atoms with Gasteiger partial charge in [-0.1, -0.05) is 100 Å². The van der Waals surface area contributed by atoms with E-state index in [-0.39, 0.29) is 13.0 Å². The van der Waals surface area contributed by atoms with E-state index in [2.05, 4.69) is 12.2 Å². The highest BCUT2D eigenvalue weighted by Crippen LogP contribution is 2.26. The number of nitrogens with one attached hydrogen (secondary N) is 1. The van der Waals surface area contributed by atoms with Gasteiger partial charge in [0.2, 0.25) is 5.91 Å². The van der Waals surface area contributed by atoms with Crippen molar-refractivity contribution in [2.75, 3.05) is 13.7 Å². The first-order chi connectivity index (χ1) is 23.0. The number of rotatable bonds is 25. The van der Waals surface area contributed by atoms with Crippen molar-refractivity contribution in [1.29, 1.82) is 0 Å². The second kappa shape index (κ2) is 21.9. The number of allylic oxidation sites excluding steroid dienone is 1. The molecule has 1 amide bonds. The number of aliphatic hydroxyl groups is 1. The van der Waals surface area contributed by atoms with E-state index < -0.39 is 47.6 Å². The normalized spacial score (nSPS) is 13.9. The molecule has 0 unspecified atom stereocenters. The number of ether oxygens (including phenoxy) is 1. The Morgan fingerprint density at radius 2 is 1.52 bits per heavy atom. The van der Waals surface area contributed by atoms with E-state index in [1.54, 1.807) is 48.5 Å². The van der Waals surface area contributed by atoms with Gasteiger partial charge in [-0.25, -0.2) is 14.0 Å². The number of benzene rings is 2. The van der Waals surface area contributed by atoms with Crippen molar-refractivity contribution in [3.63, 3.8) is 0 Å². The fraction of sp³-hybridized carbons (Fsp3) is 0.526. The minimum absolute atomic E-state index is 0.125. The molecule has 0 heterocycles. The molecular weight excluding hydrogens is 617 g/mol. The third-order valence-corrected chi connectivity index (χ3v) is 8.51. The molecule has 2 rings (SSSR count). The molecule has 2 aromatic rings. The molecule has 48 heavy (non-hydrogen) atoms. The first-order valence-corrected chi connectivity index (χ1v) is 17.0. The molecule has 3 atom stereocenters. The SMILES string of the molecule is CCCCCCCC(=O)CCCCCC/C=C/[C@H](C(=O)N[C@@H](Cc1ccc(-c2ccccc2F)cc1)C(=O)O)[C@@](O)(CCOC)C(=O)O. The number of carboxylic acid groups (broad SMARTS) is 2. The molecule has 0 bridgehead atoms. The number of unbranched alkanes of at least 4 members (excludes halogenated alkanes) is 8. The fourth-order valence-electron chi connectivity index (χ4n) is 5.55. The number of carbonyl (C=O) groups excluding carboxylic acids is 2. The van der Waals surface area contributed by atoms with Crippen LogP contribution in [0, 0.1) is 11.7 Å². The van der Waals surface area contributed by atoms with E-state index in [9.17, 15) is 38.9 Å². The number of aliphatic carboxylic acids is 2. The molecule has 0 aliphatic rings. The molecule has 0 aromatic heterocycles. The van der Waals surface area contributed by atoms with E-state index in [0.29, 0.717) is 41.7 Å². The summed E-state index contributed by atoms with van der Waals surface area (Å²) in [5.41, 5.74) is -0.997. The van der Waals surface area contributed by atoms with E-state index >= 15 is 0 Å². The van der Waals surface area contributed by atoms with Gasteiger partial charge in [0, 0.05) is 45.0 Å². The summed E-state index contributed by atoms with van der Waals surface area (Å²) in [6.07, 6.45) is 13.0. The topological polar surface area (TPSA) is 150 Å². The summed E-state index contributed by atoms with van der Waals surface area (Å²) in [6, 6.07) is 11.4. The lowest BCUT2D eigenvalue weighted by Crippen LogP contribution is -2.55. The zero-order valence-electron chi connectivity index (χ0n) is 28.3. The van der Waals surface area contributed by atoms with Crippen molar-refractivity contribution >= 4 is 23.6 Å². The molecule has 4 N–H and O–H groups in total. The van der Waals surface area contributed by atoms with Crippen LogP contribution in [0.5, 0.6) is 0 Å². The highest BCUT2D eigenvalue weighted by Gasteiger charge is 2.47. The molecule has 0 radical (unpaired) electrons. The molecule has 0 aliphatic heterocycles. The number of halogens is 1. The molecular formula is C38H52FNO8. The number of hydrogen-bond acceptors (Lipinski definition) is 6.